The molecule has 8 nitrogen and oxygen atoms in total. The molecule has 0 saturated carbocycles. The molecule has 1 fully saturated rings. The van der Waals surface area contributed by atoms with E-state index in [4.69, 9.17) is 9.47 Å². The highest BCUT2D eigenvalue weighted by atomic mass is 19.1. The molecule has 1 saturated heterocycles. The van der Waals surface area contributed by atoms with Crippen LogP contribution < -0.4 is 0 Å². The van der Waals surface area contributed by atoms with E-state index in [9.17, 15) is 14.0 Å². The number of nitrogens with zero attached hydrogens (tertiary/aromatic N) is 4. The van der Waals surface area contributed by atoms with Crippen LogP contribution in [-0.4, -0.2) is 97.3 Å². The van der Waals surface area contributed by atoms with E-state index >= 15 is 0 Å². The lowest BCUT2D eigenvalue weighted by Crippen LogP contribution is -2.47. The molecule has 0 atom stereocenters. The van der Waals surface area contributed by atoms with Crippen molar-refractivity contribution < 1.29 is 23.5 Å². The van der Waals surface area contributed by atoms with Crippen LogP contribution in [0.1, 0.15) is 21.6 Å². The van der Waals surface area contributed by atoms with Crippen molar-refractivity contribution in [2.75, 3.05) is 66.2 Å². The molecule has 3 aromatic rings. The fourth-order valence-electron chi connectivity index (χ4n) is 4.62. The number of halogens is 1. The van der Waals surface area contributed by atoms with Gasteiger partial charge in [-0.2, -0.15) is 0 Å². The predicted octanol–water partition coefficient (Wildman–Crippen LogP) is 3.13. The largest absolute Gasteiger partial charge is 0.383 e. The molecule has 9 heteroatoms. The van der Waals surface area contributed by atoms with E-state index in [0.29, 0.717) is 52.5 Å². The average molecular weight is 537 g/mol. The van der Waals surface area contributed by atoms with Gasteiger partial charge in [0.15, 0.2) is 0 Å². The summed E-state index contributed by atoms with van der Waals surface area (Å²) in [5, 5.41) is 0. The summed E-state index contributed by atoms with van der Waals surface area (Å²) in [5.41, 5.74) is 2.10. The van der Waals surface area contributed by atoms with Gasteiger partial charge in [0.2, 0.25) is 5.91 Å². The van der Waals surface area contributed by atoms with E-state index in [1.807, 2.05) is 36.5 Å². The number of benzene rings is 2. The van der Waals surface area contributed by atoms with E-state index < -0.39 is 11.7 Å². The third kappa shape index (κ3) is 8.23. The summed E-state index contributed by atoms with van der Waals surface area (Å²) in [6, 6.07) is 20.0. The number of aromatic nitrogens is 1. The highest BCUT2D eigenvalue weighted by Gasteiger charge is 2.25. The van der Waals surface area contributed by atoms with Crippen LogP contribution in [0.2, 0.25) is 0 Å². The molecule has 2 amide bonds. The number of methoxy groups -OCH3 is 1. The van der Waals surface area contributed by atoms with Crippen LogP contribution in [0.4, 0.5) is 4.39 Å². The molecule has 2 aromatic carbocycles. The van der Waals surface area contributed by atoms with Gasteiger partial charge >= 0.3 is 0 Å². The van der Waals surface area contributed by atoms with E-state index in [1.54, 1.807) is 24.1 Å². The highest BCUT2D eigenvalue weighted by Crippen LogP contribution is 2.14. The lowest BCUT2D eigenvalue weighted by molar-refractivity contribution is -0.133. The number of amides is 2. The molecule has 0 N–H and O–H groups in total. The van der Waals surface area contributed by atoms with Crippen LogP contribution in [0, 0.1) is 5.82 Å². The molecule has 1 aromatic heterocycles. The van der Waals surface area contributed by atoms with Gasteiger partial charge in [0.25, 0.3) is 5.91 Å². The topological polar surface area (TPSA) is 67.2 Å². The van der Waals surface area contributed by atoms with E-state index in [2.05, 4.69) is 21.6 Å². The molecule has 1 aliphatic rings. The van der Waals surface area contributed by atoms with Gasteiger partial charge in [0, 0.05) is 58.3 Å². The van der Waals surface area contributed by atoms with Crippen LogP contribution in [0.25, 0.3) is 0 Å². The van der Waals surface area contributed by atoms with Crippen LogP contribution in [0.3, 0.4) is 0 Å². The van der Waals surface area contributed by atoms with Crippen molar-refractivity contribution in [3.63, 3.8) is 0 Å². The van der Waals surface area contributed by atoms with Crippen LogP contribution in [0.15, 0.2) is 72.9 Å². The first kappa shape index (κ1) is 28.5. The van der Waals surface area contributed by atoms with Crippen molar-refractivity contribution in [1.29, 1.82) is 0 Å². The normalized spacial score (nSPS) is 13.8. The lowest BCUT2D eigenvalue weighted by atomic mass is 10.1. The summed E-state index contributed by atoms with van der Waals surface area (Å²) >= 11 is 0. The number of carbonyl (C=O) groups is 2. The van der Waals surface area contributed by atoms with Gasteiger partial charge in [-0.1, -0.05) is 42.5 Å². The first-order valence-corrected chi connectivity index (χ1v) is 13.3. The van der Waals surface area contributed by atoms with Crippen molar-refractivity contribution in [2.45, 2.75) is 13.1 Å². The average Bonchev–Trinajstić information content (AvgIpc) is 3.40. The van der Waals surface area contributed by atoms with Gasteiger partial charge < -0.3 is 23.8 Å². The molecule has 0 unspecified atom stereocenters. The zero-order valence-electron chi connectivity index (χ0n) is 22.5. The Balaban J connectivity index is 1.49. The monoisotopic (exact) mass is 536 g/mol. The maximum Gasteiger partial charge on any atom is 0.257 e. The van der Waals surface area contributed by atoms with Crippen LogP contribution in [0.5, 0.6) is 0 Å². The SMILES string of the molecule is COCCN(Cc1cccn1Cc1ccccc1)C(=O)CN(CCN1CCOCC1)C(=O)c1ccccc1F. The molecule has 0 spiro atoms. The summed E-state index contributed by atoms with van der Waals surface area (Å²) < 4.78 is 27.4. The van der Waals surface area contributed by atoms with Gasteiger partial charge in [0.05, 0.1) is 31.9 Å². The second-order valence-electron chi connectivity index (χ2n) is 9.58. The molecule has 39 heavy (non-hydrogen) atoms. The molecule has 4 rings (SSSR count). The van der Waals surface area contributed by atoms with E-state index in [-0.39, 0.29) is 18.0 Å². The number of morpholine rings is 1. The first-order valence-electron chi connectivity index (χ1n) is 13.3. The summed E-state index contributed by atoms with van der Waals surface area (Å²) in [4.78, 5) is 32.4. The fraction of sp³-hybridized carbons (Fsp3) is 0.400. The first-order chi connectivity index (χ1) is 19.0. The smallest absolute Gasteiger partial charge is 0.257 e. The Morgan fingerprint density at radius 3 is 2.44 bits per heavy atom. The predicted molar refractivity (Wildman–Crippen MR) is 147 cm³/mol. The Morgan fingerprint density at radius 1 is 0.949 bits per heavy atom. The number of hydrogen-bond donors (Lipinski definition) is 0. The molecule has 0 radical (unpaired) electrons. The third-order valence-electron chi connectivity index (χ3n) is 6.90. The Morgan fingerprint density at radius 2 is 1.69 bits per heavy atom. The second kappa shape index (κ2) is 14.6. The second-order valence-corrected chi connectivity index (χ2v) is 9.58. The minimum atomic E-state index is -0.596. The molecule has 0 bridgehead atoms. The number of ether oxygens (including phenoxy) is 2. The van der Waals surface area contributed by atoms with Gasteiger partial charge in [-0.05, 0) is 29.8 Å². The van der Waals surface area contributed by atoms with Crippen LogP contribution in [-0.2, 0) is 27.4 Å². The summed E-state index contributed by atoms with van der Waals surface area (Å²) in [6.07, 6.45) is 2.00. The van der Waals surface area contributed by atoms with Crippen molar-refractivity contribution >= 4 is 11.8 Å². The van der Waals surface area contributed by atoms with Gasteiger partial charge in [0.1, 0.15) is 12.4 Å². The van der Waals surface area contributed by atoms with E-state index in [0.717, 1.165) is 24.3 Å². The van der Waals surface area contributed by atoms with Gasteiger partial charge in [-0.25, -0.2) is 4.39 Å². The van der Waals surface area contributed by atoms with Crippen LogP contribution >= 0.6 is 0 Å². The van der Waals surface area contributed by atoms with Crippen molar-refractivity contribution in [3.05, 3.63) is 95.6 Å². The quantitative estimate of drug-likeness (QED) is 0.336. The molecule has 0 aliphatic carbocycles. The summed E-state index contributed by atoms with van der Waals surface area (Å²) in [6.45, 7) is 5.30. The third-order valence-corrected chi connectivity index (χ3v) is 6.90. The van der Waals surface area contributed by atoms with E-state index in [1.165, 1.54) is 17.0 Å². The zero-order chi connectivity index (χ0) is 27.5. The van der Waals surface area contributed by atoms with Crippen molar-refractivity contribution in [3.8, 4) is 0 Å². The Kier molecular flexibility index (Phi) is 10.6. The maximum atomic E-state index is 14.5. The highest BCUT2D eigenvalue weighted by molar-refractivity contribution is 5.96. The zero-order valence-corrected chi connectivity index (χ0v) is 22.5. The maximum absolute atomic E-state index is 14.5. The lowest BCUT2D eigenvalue weighted by Gasteiger charge is -2.31. The van der Waals surface area contributed by atoms with Crippen molar-refractivity contribution in [1.82, 2.24) is 19.3 Å². The minimum Gasteiger partial charge on any atom is -0.383 e. The molecule has 2 heterocycles. The molecule has 1 aliphatic heterocycles. The Hall–Kier alpha value is -3.53. The van der Waals surface area contributed by atoms with Crippen molar-refractivity contribution in [2.24, 2.45) is 0 Å². The Bertz CT molecular complexity index is 1200. The fourth-order valence-corrected chi connectivity index (χ4v) is 4.62. The summed E-state index contributed by atoms with van der Waals surface area (Å²) in [5.74, 6) is -1.30. The molecular formula is C30H37FN4O4. The summed E-state index contributed by atoms with van der Waals surface area (Å²) in [7, 11) is 1.59. The number of rotatable bonds is 13. The van der Waals surface area contributed by atoms with Gasteiger partial charge in [-0.15, -0.1) is 0 Å². The molecule has 208 valence electrons. The standard InChI is InChI=1S/C30H37FN4O4/c1-38-19-18-34(23-26-10-7-13-33(26)22-25-8-3-2-4-9-25)29(36)24-35(15-14-32-16-20-39-21-17-32)30(37)27-11-5-6-12-28(27)31/h2-13H,14-24H2,1H3. The number of hydrogen-bond acceptors (Lipinski definition) is 5. The van der Waals surface area contributed by atoms with Gasteiger partial charge in [-0.3, -0.25) is 14.5 Å². The molecular weight excluding hydrogens is 499 g/mol. The minimum absolute atomic E-state index is 0.0348. The number of carbonyl (C=O) groups excluding carboxylic acids is 2. The Labute approximate surface area is 229 Å².